The predicted octanol–water partition coefficient (Wildman–Crippen LogP) is 2.29. The van der Waals surface area contributed by atoms with Crippen molar-refractivity contribution in [1.29, 1.82) is 0 Å². The van der Waals surface area contributed by atoms with Crippen LogP contribution >= 0.6 is 0 Å². The van der Waals surface area contributed by atoms with Crippen LogP contribution in [-0.2, 0) is 11.2 Å². The number of hydrogen-bond acceptors (Lipinski definition) is 3. The maximum atomic E-state index is 11.6. The standard InChI is InChI=1S/C16H25NO3/c1-12(18)5-6-13-7-9-14(10-8-13)20-11-15(19)17-16(2,3)4/h7-10,12,18H,5-6,11H2,1-4H3,(H,17,19). The van der Waals surface area contributed by atoms with Gasteiger partial charge in [0.25, 0.3) is 5.91 Å². The largest absolute Gasteiger partial charge is 0.484 e. The molecule has 112 valence electrons. The molecular formula is C16H25NO3. The van der Waals surface area contributed by atoms with E-state index in [4.69, 9.17) is 4.74 Å². The van der Waals surface area contributed by atoms with Crippen molar-refractivity contribution in [2.75, 3.05) is 6.61 Å². The van der Waals surface area contributed by atoms with Crippen molar-refractivity contribution in [3.05, 3.63) is 29.8 Å². The summed E-state index contributed by atoms with van der Waals surface area (Å²) in [6, 6.07) is 7.61. The molecule has 1 amide bonds. The van der Waals surface area contributed by atoms with Crippen LogP contribution in [0.1, 0.15) is 39.7 Å². The van der Waals surface area contributed by atoms with Gasteiger partial charge < -0.3 is 15.2 Å². The van der Waals surface area contributed by atoms with E-state index in [0.29, 0.717) is 5.75 Å². The van der Waals surface area contributed by atoms with Gasteiger partial charge in [0.2, 0.25) is 0 Å². The maximum absolute atomic E-state index is 11.6. The Morgan fingerprint density at radius 2 is 1.90 bits per heavy atom. The van der Waals surface area contributed by atoms with Crippen molar-refractivity contribution < 1.29 is 14.6 Å². The summed E-state index contributed by atoms with van der Waals surface area (Å²) in [4.78, 5) is 11.6. The van der Waals surface area contributed by atoms with Gasteiger partial charge in [-0.3, -0.25) is 4.79 Å². The molecule has 1 unspecified atom stereocenters. The molecule has 0 aliphatic heterocycles. The van der Waals surface area contributed by atoms with E-state index in [-0.39, 0.29) is 24.2 Å². The number of benzene rings is 1. The first kappa shape index (κ1) is 16.5. The molecule has 0 radical (unpaired) electrons. The van der Waals surface area contributed by atoms with Crippen molar-refractivity contribution in [3.63, 3.8) is 0 Å². The zero-order chi connectivity index (χ0) is 15.2. The van der Waals surface area contributed by atoms with E-state index in [1.165, 1.54) is 0 Å². The van der Waals surface area contributed by atoms with E-state index in [0.717, 1.165) is 18.4 Å². The van der Waals surface area contributed by atoms with Gasteiger partial charge in [0.1, 0.15) is 5.75 Å². The Morgan fingerprint density at radius 1 is 1.30 bits per heavy atom. The zero-order valence-electron chi connectivity index (χ0n) is 12.8. The number of nitrogens with one attached hydrogen (secondary N) is 1. The van der Waals surface area contributed by atoms with Crippen LogP contribution < -0.4 is 10.1 Å². The Bertz CT molecular complexity index is 418. The summed E-state index contributed by atoms with van der Waals surface area (Å²) in [5, 5.41) is 12.1. The van der Waals surface area contributed by atoms with Crippen molar-refractivity contribution in [2.45, 2.75) is 52.2 Å². The van der Waals surface area contributed by atoms with Crippen molar-refractivity contribution in [1.82, 2.24) is 5.32 Å². The lowest BCUT2D eigenvalue weighted by atomic mass is 10.1. The number of aliphatic hydroxyl groups is 1. The highest BCUT2D eigenvalue weighted by atomic mass is 16.5. The number of aryl methyl sites for hydroxylation is 1. The second-order valence-corrected chi connectivity index (χ2v) is 6.12. The molecule has 1 aromatic carbocycles. The summed E-state index contributed by atoms with van der Waals surface area (Å²) in [5.74, 6) is 0.547. The number of rotatable bonds is 6. The lowest BCUT2D eigenvalue weighted by Crippen LogP contribution is -2.43. The molecule has 4 heteroatoms. The van der Waals surface area contributed by atoms with Crippen LogP contribution in [0.4, 0.5) is 0 Å². The fraction of sp³-hybridized carbons (Fsp3) is 0.562. The first-order valence-electron chi connectivity index (χ1n) is 6.97. The lowest BCUT2D eigenvalue weighted by Gasteiger charge is -2.20. The Balaban J connectivity index is 2.40. The second-order valence-electron chi connectivity index (χ2n) is 6.12. The molecule has 0 fully saturated rings. The number of ether oxygens (including phenoxy) is 1. The van der Waals surface area contributed by atoms with Gasteiger partial charge in [0, 0.05) is 5.54 Å². The van der Waals surface area contributed by atoms with Crippen LogP contribution in [0, 0.1) is 0 Å². The monoisotopic (exact) mass is 279 g/mol. The molecule has 4 nitrogen and oxygen atoms in total. The van der Waals surface area contributed by atoms with Gasteiger partial charge >= 0.3 is 0 Å². The van der Waals surface area contributed by atoms with Gasteiger partial charge in [-0.25, -0.2) is 0 Å². The van der Waals surface area contributed by atoms with E-state index in [1.807, 2.05) is 45.0 Å². The third-order valence-corrected chi connectivity index (χ3v) is 2.66. The van der Waals surface area contributed by atoms with Crippen molar-refractivity contribution in [2.24, 2.45) is 0 Å². The molecular weight excluding hydrogens is 254 g/mol. The van der Waals surface area contributed by atoms with E-state index in [1.54, 1.807) is 6.92 Å². The van der Waals surface area contributed by atoms with E-state index in [9.17, 15) is 9.90 Å². The van der Waals surface area contributed by atoms with Crippen LogP contribution in [0.25, 0.3) is 0 Å². The van der Waals surface area contributed by atoms with Gasteiger partial charge in [-0.2, -0.15) is 0 Å². The van der Waals surface area contributed by atoms with Crippen LogP contribution in [-0.4, -0.2) is 29.3 Å². The molecule has 1 atom stereocenters. The summed E-state index contributed by atoms with van der Waals surface area (Å²) >= 11 is 0. The molecule has 0 heterocycles. The molecule has 0 saturated carbocycles. The van der Waals surface area contributed by atoms with E-state index >= 15 is 0 Å². The third kappa shape index (κ3) is 7.14. The smallest absolute Gasteiger partial charge is 0.258 e. The number of carbonyl (C=O) groups excluding carboxylic acids is 1. The average Bonchev–Trinajstić information content (AvgIpc) is 2.33. The van der Waals surface area contributed by atoms with E-state index < -0.39 is 0 Å². The quantitative estimate of drug-likeness (QED) is 0.840. The highest BCUT2D eigenvalue weighted by Crippen LogP contribution is 2.14. The highest BCUT2D eigenvalue weighted by Gasteiger charge is 2.13. The van der Waals surface area contributed by atoms with Crippen LogP contribution in [0.15, 0.2) is 24.3 Å². The minimum atomic E-state index is -0.285. The van der Waals surface area contributed by atoms with Crippen molar-refractivity contribution >= 4 is 5.91 Å². The van der Waals surface area contributed by atoms with Gasteiger partial charge in [0.15, 0.2) is 6.61 Å². The summed E-state index contributed by atoms with van der Waals surface area (Å²) in [6.07, 6.45) is 1.29. The SMILES string of the molecule is CC(O)CCc1ccc(OCC(=O)NC(C)(C)C)cc1. The Morgan fingerprint density at radius 3 is 2.40 bits per heavy atom. The molecule has 0 aromatic heterocycles. The first-order valence-corrected chi connectivity index (χ1v) is 6.97. The minimum absolute atomic E-state index is 0.0181. The summed E-state index contributed by atoms with van der Waals surface area (Å²) in [6.45, 7) is 7.60. The molecule has 0 aliphatic carbocycles. The Labute approximate surface area is 121 Å². The Kier molecular flexibility index (Phi) is 6.02. The molecule has 0 spiro atoms. The summed E-state index contributed by atoms with van der Waals surface area (Å²) in [5.41, 5.74) is 0.906. The number of amides is 1. The first-order chi connectivity index (χ1) is 9.26. The predicted molar refractivity (Wildman–Crippen MR) is 79.8 cm³/mol. The van der Waals surface area contributed by atoms with Gasteiger partial charge in [-0.05, 0) is 58.2 Å². The zero-order valence-corrected chi connectivity index (χ0v) is 12.8. The average molecular weight is 279 g/mol. The third-order valence-electron chi connectivity index (χ3n) is 2.66. The molecule has 2 N–H and O–H groups in total. The van der Waals surface area contributed by atoms with Gasteiger partial charge in [-0.1, -0.05) is 12.1 Å². The minimum Gasteiger partial charge on any atom is -0.484 e. The highest BCUT2D eigenvalue weighted by molar-refractivity contribution is 5.78. The maximum Gasteiger partial charge on any atom is 0.258 e. The van der Waals surface area contributed by atoms with Crippen molar-refractivity contribution in [3.8, 4) is 5.75 Å². The summed E-state index contributed by atoms with van der Waals surface area (Å²) < 4.78 is 5.43. The Hall–Kier alpha value is -1.55. The topological polar surface area (TPSA) is 58.6 Å². The fourth-order valence-electron chi connectivity index (χ4n) is 1.73. The molecule has 0 aliphatic rings. The normalized spacial score (nSPS) is 12.8. The lowest BCUT2D eigenvalue weighted by molar-refractivity contribution is -0.124. The van der Waals surface area contributed by atoms with Crippen LogP contribution in [0.2, 0.25) is 0 Å². The molecule has 20 heavy (non-hydrogen) atoms. The molecule has 1 aromatic rings. The van der Waals surface area contributed by atoms with E-state index in [2.05, 4.69) is 5.32 Å². The van der Waals surface area contributed by atoms with Gasteiger partial charge in [-0.15, -0.1) is 0 Å². The van der Waals surface area contributed by atoms with Crippen LogP contribution in [0.3, 0.4) is 0 Å². The number of hydrogen-bond donors (Lipinski definition) is 2. The number of aliphatic hydroxyl groups excluding tert-OH is 1. The van der Waals surface area contributed by atoms with Crippen LogP contribution in [0.5, 0.6) is 5.75 Å². The summed E-state index contributed by atoms with van der Waals surface area (Å²) in [7, 11) is 0. The molecule has 0 saturated heterocycles. The fourth-order valence-corrected chi connectivity index (χ4v) is 1.73. The number of carbonyl (C=O) groups is 1. The molecule has 0 bridgehead atoms. The molecule has 1 rings (SSSR count). The second kappa shape index (κ2) is 7.29. The van der Waals surface area contributed by atoms with Gasteiger partial charge in [0.05, 0.1) is 6.10 Å².